The fourth-order valence-corrected chi connectivity index (χ4v) is 3.86. The van der Waals surface area contributed by atoms with Gasteiger partial charge in [-0.3, -0.25) is 0 Å². The SMILES string of the molecule is CCO[PH](O)(Cc1ccc(CP)cc1)OCC. The molecule has 1 rings (SSSR count). The van der Waals surface area contributed by atoms with E-state index in [2.05, 4.69) is 21.4 Å². The molecule has 0 fully saturated rings. The van der Waals surface area contributed by atoms with E-state index in [4.69, 9.17) is 9.05 Å². The predicted molar refractivity (Wildman–Crippen MR) is 77.3 cm³/mol. The molecule has 0 radical (unpaired) electrons. The summed E-state index contributed by atoms with van der Waals surface area (Å²) < 4.78 is 10.8. The van der Waals surface area contributed by atoms with Crippen molar-refractivity contribution in [2.75, 3.05) is 13.2 Å². The summed E-state index contributed by atoms with van der Waals surface area (Å²) in [5.74, 6) is 0. The summed E-state index contributed by atoms with van der Waals surface area (Å²) in [5.41, 5.74) is 2.32. The van der Waals surface area contributed by atoms with Gasteiger partial charge in [0.25, 0.3) is 0 Å². The van der Waals surface area contributed by atoms with Gasteiger partial charge in [0.1, 0.15) is 0 Å². The second-order valence-electron chi connectivity index (χ2n) is 3.78. The van der Waals surface area contributed by atoms with E-state index in [9.17, 15) is 4.89 Å². The summed E-state index contributed by atoms with van der Waals surface area (Å²) >= 11 is 0. The second kappa shape index (κ2) is 7.41. The van der Waals surface area contributed by atoms with Crippen LogP contribution in [0.3, 0.4) is 0 Å². The van der Waals surface area contributed by atoms with Gasteiger partial charge in [-0.05, 0) is 0 Å². The number of hydrogen-bond donors (Lipinski definition) is 1. The summed E-state index contributed by atoms with van der Waals surface area (Å²) in [6, 6.07) is 8.18. The Labute approximate surface area is 106 Å². The molecule has 1 aromatic rings. The Morgan fingerprint density at radius 2 is 1.53 bits per heavy atom. The fourth-order valence-electron chi connectivity index (χ4n) is 1.65. The molecule has 0 aromatic heterocycles. The predicted octanol–water partition coefficient (Wildman–Crippen LogP) is 3.12. The van der Waals surface area contributed by atoms with Crippen molar-refractivity contribution in [1.82, 2.24) is 0 Å². The average Bonchev–Trinajstić information content (AvgIpc) is 2.30. The Kier molecular flexibility index (Phi) is 6.54. The number of benzene rings is 1. The third kappa shape index (κ3) is 4.99. The molecule has 0 aliphatic heterocycles. The van der Waals surface area contributed by atoms with Crippen molar-refractivity contribution < 1.29 is 13.9 Å². The van der Waals surface area contributed by atoms with Crippen LogP contribution in [0.15, 0.2) is 24.3 Å². The first-order valence-corrected chi connectivity index (χ1v) is 8.70. The van der Waals surface area contributed by atoms with Gasteiger partial charge in [-0.2, -0.15) is 0 Å². The van der Waals surface area contributed by atoms with Crippen molar-refractivity contribution in [3.8, 4) is 0 Å². The molecule has 1 atom stereocenters. The minimum absolute atomic E-state index is 0.478. The molecule has 98 valence electrons. The average molecular weight is 276 g/mol. The maximum absolute atomic E-state index is 10.3. The Morgan fingerprint density at radius 1 is 1.06 bits per heavy atom. The van der Waals surface area contributed by atoms with E-state index in [0.29, 0.717) is 19.4 Å². The third-order valence-corrected chi connectivity index (χ3v) is 5.23. The molecule has 17 heavy (non-hydrogen) atoms. The molecular weight excluding hydrogens is 254 g/mol. The zero-order valence-electron chi connectivity index (χ0n) is 10.5. The van der Waals surface area contributed by atoms with E-state index in [-0.39, 0.29) is 0 Å². The van der Waals surface area contributed by atoms with Crippen molar-refractivity contribution >= 4 is 17.2 Å². The first-order valence-electron chi connectivity index (χ1n) is 5.91. The van der Waals surface area contributed by atoms with E-state index in [0.717, 1.165) is 11.7 Å². The van der Waals surface area contributed by atoms with Gasteiger partial charge in [0.15, 0.2) is 0 Å². The molecule has 1 aromatic carbocycles. The Hall–Kier alpha value is -0.0400. The molecule has 5 heteroatoms. The van der Waals surface area contributed by atoms with Crippen LogP contribution in [0.4, 0.5) is 0 Å². The second-order valence-corrected chi connectivity index (χ2v) is 6.54. The van der Waals surface area contributed by atoms with Gasteiger partial charge in [0.05, 0.1) is 0 Å². The molecule has 1 N–H and O–H groups in total. The van der Waals surface area contributed by atoms with Crippen molar-refractivity contribution in [2.24, 2.45) is 0 Å². The minimum atomic E-state index is -3.02. The van der Waals surface area contributed by atoms with Crippen LogP contribution in [-0.4, -0.2) is 18.1 Å². The van der Waals surface area contributed by atoms with E-state index in [1.54, 1.807) is 0 Å². The van der Waals surface area contributed by atoms with Gasteiger partial charge in [0, 0.05) is 0 Å². The van der Waals surface area contributed by atoms with E-state index >= 15 is 0 Å². The zero-order valence-corrected chi connectivity index (χ0v) is 12.6. The monoisotopic (exact) mass is 276 g/mol. The van der Waals surface area contributed by atoms with Crippen LogP contribution in [0.1, 0.15) is 25.0 Å². The Balaban J connectivity index is 2.71. The Bertz CT molecular complexity index is 321. The molecule has 0 heterocycles. The zero-order chi connectivity index (χ0) is 12.7. The molecule has 0 bridgehead atoms. The summed E-state index contributed by atoms with van der Waals surface area (Å²) in [7, 11) is -0.330. The van der Waals surface area contributed by atoms with Crippen LogP contribution in [-0.2, 0) is 21.4 Å². The summed E-state index contributed by atoms with van der Waals surface area (Å²) in [6.45, 7) is 4.70. The number of rotatable bonds is 7. The molecule has 0 aliphatic rings. The summed E-state index contributed by atoms with van der Waals surface area (Å²) in [4.78, 5) is 10.3. The molecule has 0 amide bonds. The van der Waals surface area contributed by atoms with E-state index in [1.807, 2.05) is 26.0 Å². The summed E-state index contributed by atoms with van der Waals surface area (Å²) in [5, 5.41) is 0. The topological polar surface area (TPSA) is 38.7 Å². The molecular formula is C12H22O3P2. The van der Waals surface area contributed by atoms with Crippen LogP contribution in [0.5, 0.6) is 0 Å². The van der Waals surface area contributed by atoms with Crippen molar-refractivity contribution in [3.63, 3.8) is 0 Å². The van der Waals surface area contributed by atoms with Gasteiger partial charge in [-0.1, -0.05) is 0 Å². The van der Waals surface area contributed by atoms with Gasteiger partial charge >= 0.3 is 106 Å². The van der Waals surface area contributed by atoms with Gasteiger partial charge < -0.3 is 0 Å². The first-order chi connectivity index (χ1) is 8.13. The Morgan fingerprint density at radius 3 is 1.94 bits per heavy atom. The molecule has 0 aliphatic carbocycles. The molecule has 1 unspecified atom stereocenters. The first kappa shape index (κ1) is 15.0. The summed E-state index contributed by atoms with van der Waals surface area (Å²) in [6.07, 6.45) is 1.42. The fraction of sp³-hybridized carbons (Fsp3) is 0.500. The molecule has 0 saturated carbocycles. The van der Waals surface area contributed by atoms with Gasteiger partial charge in [-0.15, -0.1) is 0 Å². The van der Waals surface area contributed by atoms with Crippen LogP contribution >= 0.6 is 17.2 Å². The van der Waals surface area contributed by atoms with Crippen molar-refractivity contribution in [2.45, 2.75) is 26.2 Å². The van der Waals surface area contributed by atoms with Crippen molar-refractivity contribution in [1.29, 1.82) is 0 Å². The van der Waals surface area contributed by atoms with Crippen LogP contribution in [0, 0.1) is 0 Å². The van der Waals surface area contributed by atoms with Crippen LogP contribution < -0.4 is 0 Å². The molecule has 3 nitrogen and oxygen atoms in total. The van der Waals surface area contributed by atoms with Gasteiger partial charge in [0.2, 0.25) is 0 Å². The van der Waals surface area contributed by atoms with E-state index < -0.39 is 7.94 Å². The van der Waals surface area contributed by atoms with Crippen LogP contribution in [0.2, 0.25) is 0 Å². The van der Waals surface area contributed by atoms with Gasteiger partial charge in [-0.25, -0.2) is 0 Å². The van der Waals surface area contributed by atoms with Crippen LogP contribution in [0.25, 0.3) is 0 Å². The van der Waals surface area contributed by atoms with Crippen molar-refractivity contribution in [3.05, 3.63) is 35.4 Å². The molecule has 0 saturated heterocycles. The maximum atomic E-state index is 10.3. The number of hydrogen-bond acceptors (Lipinski definition) is 3. The quantitative estimate of drug-likeness (QED) is 0.778. The van der Waals surface area contributed by atoms with E-state index in [1.165, 1.54) is 5.56 Å². The standard InChI is InChI=1S/C12H22O3P2/c1-3-14-17(13,15-4-2)10-12-7-5-11(9-16)6-8-12/h5-8,13,17H,3-4,9-10,16H2,1-2H3. The third-order valence-electron chi connectivity index (χ3n) is 2.43. The molecule has 0 spiro atoms. The normalized spacial score (nSPS) is 12.7.